The molecule has 1 N–H and O–H groups in total. The van der Waals surface area contributed by atoms with E-state index in [9.17, 15) is 14.9 Å². The van der Waals surface area contributed by atoms with Crippen LogP contribution in [0.3, 0.4) is 0 Å². The van der Waals surface area contributed by atoms with Gasteiger partial charge in [-0.3, -0.25) is 10.1 Å². The number of nitrogens with zero attached hydrogens (tertiary/aromatic N) is 1. The molecule has 1 aromatic heterocycles. The lowest BCUT2D eigenvalue weighted by Gasteiger charge is -2.21. The molecule has 1 aliphatic rings. The molecule has 0 radical (unpaired) electrons. The number of aromatic amines is 1. The number of ether oxygens (including phenoxy) is 2. The highest BCUT2D eigenvalue weighted by atomic mass is 16.6. The van der Waals surface area contributed by atoms with Crippen molar-refractivity contribution < 1.29 is 19.2 Å². The minimum absolute atomic E-state index is 0.0233. The van der Waals surface area contributed by atoms with E-state index in [2.05, 4.69) is 4.98 Å². The van der Waals surface area contributed by atoms with Crippen molar-refractivity contribution in [2.24, 2.45) is 0 Å². The summed E-state index contributed by atoms with van der Waals surface area (Å²) in [6.07, 6.45) is 4.50. The van der Waals surface area contributed by atoms with Crippen LogP contribution in [0.25, 0.3) is 10.9 Å². The summed E-state index contributed by atoms with van der Waals surface area (Å²) >= 11 is 0. The monoisotopic (exact) mass is 304 g/mol. The highest BCUT2D eigenvalue weighted by Crippen LogP contribution is 2.24. The smallest absolute Gasteiger partial charge is 0.340 e. The van der Waals surface area contributed by atoms with Gasteiger partial charge >= 0.3 is 5.97 Å². The maximum absolute atomic E-state index is 12.1. The first-order valence-corrected chi connectivity index (χ1v) is 7.19. The SMILES string of the molecule is O=C(OC[C@H]1CCCCO1)c1c[nH]c2cc([N+](=O)[O-])ccc12. The second-order valence-corrected chi connectivity index (χ2v) is 5.28. The lowest BCUT2D eigenvalue weighted by molar-refractivity contribution is -0.384. The van der Waals surface area contributed by atoms with Crippen LogP contribution in [0.4, 0.5) is 5.69 Å². The van der Waals surface area contributed by atoms with E-state index >= 15 is 0 Å². The Balaban J connectivity index is 1.72. The molecule has 3 rings (SSSR count). The van der Waals surface area contributed by atoms with Gasteiger partial charge in [-0.15, -0.1) is 0 Å². The number of fused-ring (bicyclic) bond motifs is 1. The number of nitro benzene ring substituents is 1. The van der Waals surface area contributed by atoms with Crippen LogP contribution in [0.15, 0.2) is 24.4 Å². The molecule has 2 heterocycles. The first-order valence-electron chi connectivity index (χ1n) is 7.19. The zero-order valence-corrected chi connectivity index (χ0v) is 11.9. The summed E-state index contributed by atoms with van der Waals surface area (Å²) in [6.45, 7) is 0.942. The Morgan fingerprint density at radius 2 is 2.32 bits per heavy atom. The molecule has 0 spiro atoms. The Bertz CT molecular complexity index is 703. The summed E-state index contributed by atoms with van der Waals surface area (Å²) in [5, 5.41) is 11.4. The van der Waals surface area contributed by atoms with Gasteiger partial charge < -0.3 is 14.5 Å². The summed E-state index contributed by atoms with van der Waals surface area (Å²) < 4.78 is 10.8. The largest absolute Gasteiger partial charge is 0.459 e. The van der Waals surface area contributed by atoms with E-state index < -0.39 is 10.9 Å². The Morgan fingerprint density at radius 1 is 1.45 bits per heavy atom. The molecule has 0 amide bonds. The fourth-order valence-corrected chi connectivity index (χ4v) is 2.58. The van der Waals surface area contributed by atoms with Crippen molar-refractivity contribution in [2.45, 2.75) is 25.4 Å². The molecule has 7 heteroatoms. The van der Waals surface area contributed by atoms with Crippen LogP contribution in [0.1, 0.15) is 29.6 Å². The molecule has 22 heavy (non-hydrogen) atoms. The molecule has 0 unspecified atom stereocenters. The van der Waals surface area contributed by atoms with E-state index in [1.807, 2.05) is 0 Å². The van der Waals surface area contributed by atoms with E-state index in [0.29, 0.717) is 23.1 Å². The molecule has 116 valence electrons. The zero-order valence-electron chi connectivity index (χ0n) is 11.9. The van der Waals surface area contributed by atoms with E-state index in [4.69, 9.17) is 9.47 Å². The van der Waals surface area contributed by atoms with Crippen molar-refractivity contribution in [3.05, 3.63) is 40.1 Å². The number of non-ortho nitro benzene ring substituents is 1. The van der Waals surface area contributed by atoms with Crippen molar-refractivity contribution in [3.63, 3.8) is 0 Å². The molecule has 2 aromatic rings. The average Bonchev–Trinajstić information content (AvgIpc) is 2.96. The van der Waals surface area contributed by atoms with Gasteiger partial charge in [-0.2, -0.15) is 0 Å². The maximum atomic E-state index is 12.1. The highest BCUT2D eigenvalue weighted by molar-refractivity contribution is 6.04. The fraction of sp³-hybridized carbons (Fsp3) is 0.400. The third-order valence-corrected chi connectivity index (χ3v) is 3.77. The lowest BCUT2D eigenvalue weighted by atomic mass is 10.1. The molecule has 1 aliphatic heterocycles. The van der Waals surface area contributed by atoms with Gasteiger partial charge in [0, 0.05) is 30.3 Å². The van der Waals surface area contributed by atoms with Gasteiger partial charge in [0.25, 0.3) is 5.69 Å². The molecule has 0 bridgehead atoms. The second kappa shape index (κ2) is 6.15. The Morgan fingerprint density at radius 3 is 3.05 bits per heavy atom. The third-order valence-electron chi connectivity index (χ3n) is 3.77. The van der Waals surface area contributed by atoms with Crippen LogP contribution >= 0.6 is 0 Å². The van der Waals surface area contributed by atoms with E-state index in [0.717, 1.165) is 19.3 Å². The number of hydrogen-bond acceptors (Lipinski definition) is 5. The first-order chi connectivity index (χ1) is 10.6. The summed E-state index contributed by atoms with van der Waals surface area (Å²) in [4.78, 5) is 25.3. The maximum Gasteiger partial charge on any atom is 0.340 e. The van der Waals surface area contributed by atoms with Gasteiger partial charge in [-0.05, 0) is 25.3 Å². The predicted molar refractivity (Wildman–Crippen MR) is 78.8 cm³/mol. The molecule has 0 saturated carbocycles. The first kappa shape index (κ1) is 14.5. The van der Waals surface area contributed by atoms with Gasteiger partial charge in [-0.1, -0.05) is 0 Å². The van der Waals surface area contributed by atoms with Crippen LogP contribution in [-0.4, -0.2) is 35.2 Å². The topological polar surface area (TPSA) is 94.5 Å². The summed E-state index contributed by atoms with van der Waals surface area (Å²) in [6, 6.07) is 4.32. The number of nitro groups is 1. The van der Waals surface area contributed by atoms with Crippen molar-refractivity contribution in [2.75, 3.05) is 13.2 Å². The van der Waals surface area contributed by atoms with Crippen LogP contribution in [0.5, 0.6) is 0 Å². The summed E-state index contributed by atoms with van der Waals surface area (Å²) in [5.74, 6) is -0.450. The molecule has 7 nitrogen and oxygen atoms in total. The number of hydrogen-bond donors (Lipinski definition) is 1. The van der Waals surface area contributed by atoms with Crippen LogP contribution in [-0.2, 0) is 9.47 Å². The number of carbonyl (C=O) groups excluding carboxylic acids is 1. The van der Waals surface area contributed by atoms with Gasteiger partial charge in [0.05, 0.1) is 22.1 Å². The number of H-pyrrole nitrogens is 1. The minimum atomic E-state index is -0.474. The van der Waals surface area contributed by atoms with Crippen molar-refractivity contribution in [1.29, 1.82) is 0 Å². The number of aromatic nitrogens is 1. The van der Waals surface area contributed by atoms with Crippen LogP contribution in [0.2, 0.25) is 0 Å². The van der Waals surface area contributed by atoms with Gasteiger partial charge in [-0.25, -0.2) is 4.79 Å². The van der Waals surface area contributed by atoms with Crippen LogP contribution < -0.4 is 0 Å². The van der Waals surface area contributed by atoms with Crippen molar-refractivity contribution >= 4 is 22.6 Å². The fourth-order valence-electron chi connectivity index (χ4n) is 2.58. The molecule has 1 aromatic carbocycles. The predicted octanol–water partition coefficient (Wildman–Crippen LogP) is 2.80. The Labute approximate surface area is 126 Å². The van der Waals surface area contributed by atoms with Crippen molar-refractivity contribution in [3.8, 4) is 0 Å². The van der Waals surface area contributed by atoms with E-state index in [1.54, 1.807) is 6.07 Å². The number of nitrogens with one attached hydrogen (secondary N) is 1. The van der Waals surface area contributed by atoms with E-state index in [-0.39, 0.29) is 18.4 Å². The number of esters is 1. The standard InChI is InChI=1S/C15H16N2O5/c18-15(22-9-11-3-1-2-6-21-11)13-8-16-14-7-10(17(19)20)4-5-12(13)14/h4-5,7-8,11,16H,1-3,6,9H2/t11-/m1/s1. The Kier molecular flexibility index (Phi) is 4.06. The van der Waals surface area contributed by atoms with Gasteiger partial charge in [0.1, 0.15) is 6.61 Å². The molecule has 1 atom stereocenters. The van der Waals surface area contributed by atoms with Crippen molar-refractivity contribution in [1.82, 2.24) is 4.98 Å². The molecule has 1 saturated heterocycles. The lowest BCUT2D eigenvalue weighted by Crippen LogP contribution is -2.25. The number of benzene rings is 1. The number of carbonyl (C=O) groups is 1. The van der Waals surface area contributed by atoms with E-state index in [1.165, 1.54) is 18.3 Å². The average molecular weight is 304 g/mol. The molecular formula is C15H16N2O5. The van der Waals surface area contributed by atoms with Gasteiger partial charge in [0.2, 0.25) is 0 Å². The van der Waals surface area contributed by atoms with Gasteiger partial charge in [0.15, 0.2) is 0 Å². The zero-order chi connectivity index (χ0) is 15.5. The summed E-state index contributed by atoms with van der Waals surface area (Å²) in [7, 11) is 0. The Hall–Kier alpha value is -2.41. The number of rotatable bonds is 4. The molecule has 0 aliphatic carbocycles. The molecule has 1 fully saturated rings. The third kappa shape index (κ3) is 2.94. The molecular weight excluding hydrogens is 288 g/mol. The normalized spacial score (nSPS) is 18.3. The highest BCUT2D eigenvalue weighted by Gasteiger charge is 2.19. The van der Waals surface area contributed by atoms with Crippen LogP contribution in [0, 0.1) is 10.1 Å². The summed E-state index contributed by atoms with van der Waals surface area (Å²) in [5.41, 5.74) is 0.889. The minimum Gasteiger partial charge on any atom is -0.459 e. The second-order valence-electron chi connectivity index (χ2n) is 5.28. The quantitative estimate of drug-likeness (QED) is 0.532.